The van der Waals surface area contributed by atoms with Gasteiger partial charge in [-0.2, -0.15) is 0 Å². The van der Waals surface area contributed by atoms with Crippen LogP contribution in [0.3, 0.4) is 0 Å². The molecule has 0 unspecified atom stereocenters. The van der Waals surface area contributed by atoms with Crippen molar-refractivity contribution in [2.75, 3.05) is 18.6 Å². The van der Waals surface area contributed by atoms with Gasteiger partial charge in [0.05, 0.1) is 6.67 Å². The lowest BCUT2D eigenvalue weighted by atomic mass is 10.2. The van der Waals surface area contributed by atoms with Gasteiger partial charge in [-0.15, -0.1) is 0 Å². The third-order valence-electron chi connectivity index (χ3n) is 1.75. The number of nitrogens with two attached hydrogens (primary N) is 1. The van der Waals surface area contributed by atoms with E-state index in [9.17, 15) is 0 Å². The highest BCUT2D eigenvalue weighted by Gasteiger charge is 1.94. The number of hydrogen-bond acceptors (Lipinski definition) is 2. The summed E-state index contributed by atoms with van der Waals surface area (Å²) in [5.74, 6) is 0. The van der Waals surface area contributed by atoms with Gasteiger partial charge in [-0.05, 0) is 19.1 Å². The Balaban J connectivity index is 2.81. The molecule has 1 aromatic rings. The number of hydrogen-bond donors (Lipinski definition) is 1. The molecule has 0 saturated heterocycles. The Morgan fingerprint density at radius 3 is 2.27 bits per heavy atom. The van der Waals surface area contributed by atoms with Crippen molar-refractivity contribution in [3.05, 3.63) is 29.8 Å². The Kier molecular flexibility index (Phi) is 2.49. The average molecular weight is 150 g/mol. The SMILES string of the molecule is Cc1ccc(N(C)CN)cc1. The van der Waals surface area contributed by atoms with Crippen LogP contribution in [0.2, 0.25) is 0 Å². The fraction of sp³-hybridized carbons (Fsp3) is 0.333. The first-order valence-electron chi connectivity index (χ1n) is 3.72. The summed E-state index contributed by atoms with van der Waals surface area (Å²) in [6, 6.07) is 8.31. The molecule has 0 bridgehead atoms. The summed E-state index contributed by atoms with van der Waals surface area (Å²) < 4.78 is 0. The number of anilines is 1. The average Bonchev–Trinajstić information content (AvgIpc) is 2.05. The zero-order chi connectivity index (χ0) is 8.27. The predicted octanol–water partition coefficient (Wildman–Crippen LogP) is 1.35. The lowest BCUT2D eigenvalue weighted by molar-refractivity contribution is 0.933. The molecule has 11 heavy (non-hydrogen) atoms. The van der Waals surface area contributed by atoms with Crippen LogP contribution >= 0.6 is 0 Å². The van der Waals surface area contributed by atoms with Crippen LogP contribution in [0.1, 0.15) is 5.56 Å². The molecule has 0 spiro atoms. The minimum absolute atomic E-state index is 0.559. The van der Waals surface area contributed by atoms with Crippen molar-refractivity contribution >= 4 is 5.69 Å². The van der Waals surface area contributed by atoms with Crippen LogP contribution in [0.5, 0.6) is 0 Å². The monoisotopic (exact) mass is 150 g/mol. The van der Waals surface area contributed by atoms with Crippen LogP contribution < -0.4 is 10.6 Å². The number of nitrogens with zero attached hydrogens (tertiary/aromatic N) is 1. The predicted molar refractivity (Wildman–Crippen MR) is 48.6 cm³/mol. The molecule has 2 heteroatoms. The van der Waals surface area contributed by atoms with E-state index >= 15 is 0 Å². The van der Waals surface area contributed by atoms with Crippen molar-refractivity contribution in [2.45, 2.75) is 6.92 Å². The lowest BCUT2D eigenvalue weighted by Gasteiger charge is -2.15. The van der Waals surface area contributed by atoms with Gasteiger partial charge >= 0.3 is 0 Å². The van der Waals surface area contributed by atoms with Gasteiger partial charge in [0, 0.05) is 12.7 Å². The Bertz CT molecular complexity index is 216. The molecule has 0 aliphatic heterocycles. The molecule has 2 N–H and O–H groups in total. The Labute approximate surface area is 67.6 Å². The molecule has 0 aliphatic carbocycles. The molecule has 0 heterocycles. The van der Waals surface area contributed by atoms with E-state index in [4.69, 9.17) is 5.73 Å². The van der Waals surface area contributed by atoms with Gasteiger partial charge in [-0.25, -0.2) is 0 Å². The summed E-state index contributed by atoms with van der Waals surface area (Å²) in [5, 5.41) is 0. The smallest absolute Gasteiger partial charge is 0.0653 e. The van der Waals surface area contributed by atoms with Gasteiger partial charge in [0.1, 0.15) is 0 Å². The maximum absolute atomic E-state index is 5.47. The van der Waals surface area contributed by atoms with Crippen LogP contribution in [0.25, 0.3) is 0 Å². The van der Waals surface area contributed by atoms with E-state index in [2.05, 4.69) is 31.2 Å². The van der Waals surface area contributed by atoms with Crippen molar-refractivity contribution in [3.63, 3.8) is 0 Å². The number of benzene rings is 1. The second-order valence-corrected chi connectivity index (χ2v) is 2.72. The highest BCUT2D eigenvalue weighted by Crippen LogP contribution is 2.11. The molecule has 1 aromatic carbocycles. The van der Waals surface area contributed by atoms with E-state index in [1.807, 2.05) is 11.9 Å². The second-order valence-electron chi connectivity index (χ2n) is 2.72. The molecule has 0 fully saturated rings. The van der Waals surface area contributed by atoms with E-state index in [0.29, 0.717) is 6.67 Å². The molecule has 0 saturated carbocycles. The number of rotatable bonds is 2. The van der Waals surface area contributed by atoms with Crippen molar-refractivity contribution in [1.29, 1.82) is 0 Å². The lowest BCUT2D eigenvalue weighted by Crippen LogP contribution is -2.24. The molecular weight excluding hydrogens is 136 g/mol. The largest absolute Gasteiger partial charge is 0.362 e. The Hall–Kier alpha value is -1.02. The molecule has 2 nitrogen and oxygen atoms in total. The summed E-state index contributed by atoms with van der Waals surface area (Å²) >= 11 is 0. The van der Waals surface area contributed by atoms with Crippen molar-refractivity contribution in [2.24, 2.45) is 5.73 Å². The van der Waals surface area contributed by atoms with E-state index in [1.165, 1.54) is 5.56 Å². The fourth-order valence-electron chi connectivity index (χ4n) is 0.905. The molecule has 60 valence electrons. The summed E-state index contributed by atoms with van der Waals surface area (Å²) in [7, 11) is 1.98. The van der Waals surface area contributed by atoms with Crippen LogP contribution in [0, 0.1) is 6.92 Å². The van der Waals surface area contributed by atoms with Gasteiger partial charge in [0.2, 0.25) is 0 Å². The maximum Gasteiger partial charge on any atom is 0.0653 e. The summed E-state index contributed by atoms with van der Waals surface area (Å²) in [5.41, 5.74) is 7.91. The summed E-state index contributed by atoms with van der Waals surface area (Å²) in [6.07, 6.45) is 0. The van der Waals surface area contributed by atoms with E-state index in [-0.39, 0.29) is 0 Å². The van der Waals surface area contributed by atoms with Gasteiger partial charge in [-0.3, -0.25) is 0 Å². The molecular formula is C9H14N2. The van der Waals surface area contributed by atoms with Crippen LogP contribution in [-0.4, -0.2) is 13.7 Å². The maximum atomic E-state index is 5.47. The Morgan fingerprint density at radius 1 is 1.27 bits per heavy atom. The van der Waals surface area contributed by atoms with E-state index in [0.717, 1.165) is 5.69 Å². The molecule has 0 aromatic heterocycles. The second kappa shape index (κ2) is 3.39. The van der Waals surface area contributed by atoms with E-state index < -0.39 is 0 Å². The van der Waals surface area contributed by atoms with Gasteiger partial charge in [0.15, 0.2) is 0 Å². The minimum Gasteiger partial charge on any atom is -0.362 e. The van der Waals surface area contributed by atoms with Crippen molar-refractivity contribution < 1.29 is 0 Å². The topological polar surface area (TPSA) is 29.3 Å². The highest BCUT2D eigenvalue weighted by atomic mass is 15.1. The normalized spacial score (nSPS) is 9.73. The summed E-state index contributed by atoms with van der Waals surface area (Å²) in [4.78, 5) is 2.00. The third kappa shape index (κ3) is 1.95. The molecule has 0 radical (unpaired) electrons. The zero-order valence-electron chi connectivity index (χ0n) is 7.04. The Morgan fingerprint density at radius 2 is 1.82 bits per heavy atom. The molecule has 0 atom stereocenters. The first-order valence-corrected chi connectivity index (χ1v) is 3.72. The number of aryl methyl sites for hydroxylation is 1. The van der Waals surface area contributed by atoms with Gasteiger partial charge in [0.25, 0.3) is 0 Å². The zero-order valence-corrected chi connectivity index (χ0v) is 7.04. The van der Waals surface area contributed by atoms with Crippen LogP contribution in [0.4, 0.5) is 5.69 Å². The van der Waals surface area contributed by atoms with Gasteiger partial charge in [-0.1, -0.05) is 17.7 Å². The highest BCUT2D eigenvalue weighted by molar-refractivity contribution is 5.46. The van der Waals surface area contributed by atoms with Crippen molar-refractivity contribution in [1.82, 2.24) is 0 Å². The van der Waals surface area contributed by atoms with Crippen molar-refractivity contribution in [3.8, 4) is 0 Å². The van der Waals surface area contributed by atoms with Crippen LogP contribution in [-0.2, 0) is 0 Å². The molecule has 1 rings (SSSR count). The first kappa shape index (κ1) is 8.08. The molecule has 0 aliphatic rings. The third-order valence-corrected chi connectivity index (χ3v) is 1.75. The minimum atomic E-state index is 0.559. The quantitative estimate of drug-likeness (QED) is 0.645. The molecule has 0 amide bonds. The fourth-order valence-corrected chi connectivity index (χ4v) is 0.905. The van der Waals surface area contributed by atoms with E-state index in [1.54, 1.807) is 0 Å². The van der Waals surface area contributed by atoms with Crippen LogP contribution in [0.15, 0.2) is 24.3 Å². The van der Waals surface area contributed by atoms with Gasteiger partial charge < -0.3 is 10.6 Å². The standard InChI is InChI=1S/C9H14N2/c1-8-3-5-9(6-4-8)11(2)7-10/h3-6H,7,10H2,1-2H3. The summed E-state index contributed by atoms with van der Waals surface area (Å²) in [6.45, 7) is 2.63. The first-order chi connectivity index (χ1) is 5.24.